The summed E-state index contributed by atoms with van der Waals surface area (Å²) in [6, 6.07) is 2.89. The lowest BCUT2D eigenvalue weighted by molar-refractivity contribution is 0.224. The lowest BCUT2D eigenvalue weighted by atomic mass is 9.79. The van der Waals surface area contributed by atoms with Gasteiger partial charge in [-0.25, -0.2) is 0 Å². The zero-order chi connectivity index (χ0) is 13.1. The van der Waals surface area contributed by atoms with E-state index in [1.54, 1.807) is 0 Å². The van der Waals surface area contributed by atoms with Crippen LogP contribution in [0, 0.1) is 18.8 Å². The molecule has 1 saturated carbocycles. The molecule has 102 valence electrons. The Labute approximate surface area is 111 Å². The Balaban J connectivity index is 1.87. The fourth-order valence-electron chi connectivity index (χ4n) is 3.00. The topological polar surface area (TPSA) is 29.9 Å². The molecule has 0 radical (unpaired) electrons. The maximum atomic E-state index is 4.50. The molecular formula is C15H27N3. The maximum absolute atomic E-state index is 4.50. The van der Waals surface area contributed by atoms with Crippen LogP contribution >= 0.6 is 0 Å². The predicted octanol–water partition coefficient (Wildman–Crippen LogP) is 3.13. The molecule has 3 nitrogen and oxygen atoms in total. The van der Waals surface area contributed by atoms with Crippen molar-refractivity contribution >= 4 is 0 Å². The van der Waals surface area contributed by atoms with Crippen LogP contribution in [0.3, 0.4) is 0 Å². The highest BCUT2D eigenvalue weighted by molar-refractivity contribution is 5.08. The van der Waals surface area contributed by atoms with E-state index in [1.165, 1.54) is 25.0 Å². The van der Waals surface area contributed by atoms with Crippen LogP contribution in [0.5, 0.6) is 0 Å². The Morgan fingerprint density at radius 2 is 2.11 bits per heavy atom. The predicted molar refractivity (Wildman–Crippen MR) is 75.4 cm³/mol. The van der Waals surface area contributed by atoms with E-state index in [0.29, 0.717) is 6.04 Å². The van der Waals surface area contributed by atoms with Gasteiger partial charge in [0, 0.05) is 19.1 Å². The van der Waals surface area contributed by atoms with E-state index in [1.807, 2.05) is 0 Å². The van der Waals surface area contributed by atoms with Crippen LogP contribution in [0.15, 0.2) is 6.07 Å². The molecule has 0 saturated heterocycles. The van der Waals surface area contributed by atoms with E-state index in [-0.39, 0.29) is 0 Å². The number of nitrogens with zero attached hydrogens (tertiary/aromatic N) is 2. The van der Waals surface area contributed by atoms with E-state index in [9.17, 15) is 0 Å². The van der Waals surface area contributed by atoms with Crippen molar-refractivity contribution < 1.29 is 0 Å². The average Bonchev–Trinajstić information content (AvgIpc) is 2.71. The maximum Gasteiger partial charge on any atom is 0.0597 e. The second kappa shape index (κ2) is 5.87. The van der Waals surface area contributed by atoms with Crippen molar-refractivity contribution in [3.63, 3.8) is 0 Å². The number of nitrogens with one attached hydrogen (secondary N) is 1. The second-order valence-corrected chi connectivity index (χ2v) is 5.94. The first-order valence-corrected chi connectivity index (χ1v) is 7.36. The van der Waals surface area contributed by atoms with Crippen LogP contribution in [0.4, 0.5) is 0 Å². The summed E-state index contributed by atoms with van der Waals surface area (Å²) < 4.78 is 2.11. The third kappa shape index (κ3) is 3.14. The van der Waals surface area contributed by atoms with Gasteiger partial charge in [-0.15, -0.1) is 0 Å². The Morgan fingerprint density at radius 1 is 1.33 bits per heavy atom. The Bertz CT molecular complexity index is 383. The highest BCUT2D eigenvalue weighted by Crippen LogP contribution is 2.29. The summed E-state index contributed by atoms with van der Waals surface area (Å²) >= 11 is 0. The minimum Gasteiger partial charge on any atom is -0.308 e. The van der Waals surface area contributed by atoms with Crippen molar-refractivity contribution in [1.82, 2.24) is 15.1 Å². The summed E-state index contributed by atoms with van der Waals surface area (Å²) in [6.07, 6.45) is 4.01. The Hall–Kier alpha value is -0.830. The number of hydrogen-bond donors (Lipinski definition) is 1. The highest BCUT2D eigenvalue weighted by Gasteiger charge is 2.24. The normalized spacial score (nSPS) is 28.6. The molecule has 0 aromatic carbocycles. The first-order valence-electron chi connectivity index (χ1n) is 7.36. The summed E-state index contributed by atoms with van der Waals surface area (Å²) in [5, 5.41) is 8.21. The highest BCUT2D eigenvalue weighted by atomic mass is 15.3. The van der Waals surface area contributed by atoms with Gasteiger partial charge in [0.25, 0.3) is 0 Å². The van der Waals surface area contributed by atoms with Gasteiger partial charge in [-0.2, -0.15) is 5.10 Å². The molecule has 1 fully saturated rings. The molecule has 0 amide bonds. The van der Waals surface area contributed by atoms with Crippen molar-refractivity contribution in [2.24, 2.45) is 11.8 Å². The molecule has 0 spiro atoms. The molecule has 1 aromatic rings. The number of hydrogen-bond acceptors (Lipinski definition) is 2. The van der Waals surface area contributed by atoms with Crippen LogP contribution in [0.2, 0.25) is 0 Å². The number of aryl methyl sites for hydroxylation is 2. The standard InChI is InChI=1S/C15H27N3/c1-5-18-15(9-13(4)17-18)10-16-14-7-6-11(2)12(3)8-14/h9,11-12,14,16H,5-8,10H2,1-4H3. The summed E-state index contributed by atoms with van der Waals surface area (Å²) in [5.74, 6) is 1.75. The first-order chi connectivity index (χ1) is 8.60. The molecule has 3 heteroatoms. The molecule has 1 N–H and O–H groups in total. The summed E-state index contributed by atoms with van der Waals surface area (Å²) in [7, 11) is 0. The van der Waals surface area contributed by atoms with Gasteiger partial charge < -0.3 is 5.32 Å². The molecule has 18 heavy (non-hydrogen) atoms. The smallest absolute Gasteiger partial charge is 0.0597 e. The largest absolute Gasteiger partial charge is 0.308 e. The minimum absolute atomic E-state index is 0.691. The van der Waals surface area contributed by atoms with Gasteiger partial charge in [0.15, 0.2) is 0 Å². The molecule has 3 atom stereocenters. The van der Waals surface area contributed by atoms with Crippen LogP contribution in [0.25, 0.3) is 0 Å². The number of aromatic nitrogens is 2. The molecule has 0 aliphatic heterocycles. The molecule has 1 heterocycles. The van der Waals surface area contributed by atoms with Gasteiger partial charge in [-0.3, -0.25) is 4.68 Å². The molecule has 1 aromatic heterocycles. The summed E-state index contributed by atoms with van der Waals surface area (Å²) in [4.78, 5) is 0. The molecule has 1 aliphatic rings. The van der Waals surface area contributed by atoms with Crippen molar-refractivity contribution in [2.45, 2.75) is 66.1 Å². The third-order valence-corrected chi connectivity index (χ3v) is 4.46. The first kappa shape index (κ1) is 13.6. The van der Waals surface area contributed by atoms with Gasteiger partial charge in [0.05, 0.1) is 11.4 Å². The minimum atomic E-state index is 0.691. The fraction of sp³-hybridized carbons (Fsp3) is 0.800. The van der Waals surface area contributed by atoms with Crippen molar-refractivity contribution in [3.05, 3.63) is 17.5 Å². The van der Waals surface area contributed by atoms with Crippen LogP contribution in [0.1, 0.15) is 51.4 Å². The van der Waals surface area contributed by atoms with E-state index in [0.717, 1.165) is 30.6 Å². The molecular weight excluding hydrogens is 222 g/mol. The van der Waals surface area contributed by atoms with E-state index >= 15 is 0 Å². The van der Waals surface area contributed by atoms with Crippen LogP contribution in [-0.2, 0) is 13.1 Å². The van der Waals surface area contributed by atoms with E-state index in [4.69, 9.17) is 0 Å². The lowest BCUT2D eigenvalue weighted by Gasteiger charge is -2.32. The quantitative estimate of drug-likeness (QED) is 0.888. The third-order valence-electron chi connectivity index (χ3n) is 4.46. The Morgan fingerprint density at radius 3 is 2.78 bits per heavy atom. The van der Waals surface area contributed by atoms with Gasteiger partial charge in [-0.05, 0) is 51.0 Å². The molecule has 1 aliphatic carbocycles. The zero-order valence-electron chi connectivity index (χ0n) is 12.2. The van der Waals surface area contributed by atoms with Gasteiger partial charge in [0.2, 0.25) is 0 Å². The number of rotatable bonds is 4. The van der Waals surface area contributed by atoms with Gasteiger partial charge in [0.1, 0.15) is 0 Å². The zero-order valence-corrected chi connectivity index (χ0v) is 12.2. The SMILES string of the molecule is CCn1nc(C)cc1CNC1CCC(C)C(C)C1. The van der Waals surface area contributed by atoms with Gasteiger partial charge in [-0.1, -0.05) is 13.8 Å². The van der Waals surface area contributed by atoms with Crippen molar-refractivity contribution in [3.8, 4) is 0 Å². The molecule has 3 unspecified atom stereocenters. The molecule has 2 rings (SSSR count). The van der Waals surface area contributed by atoms with Crippen molar-refractivity contribution in [2.75, 3.05) is 0 Å². The van der Waals surface area contributed by atoms with Crippen LogP contribution < -0.4 is 5.32 Å². The monoisotopic (exact) mass is 249 g/mol. The second-order valence-electron chi connectivity index (χ2n) is 5.94. The lowest BCUT2D eigenvalue weighted by Crippen LogP contribution is -2.36. The van der Waals surface area contributed by atoms with Crippen molar-refractivity contribution in [1.29, 1.82) is 0 Å². The van der Waals surface area contributed by atoms with E-state index in [2.05, 4.69) is 48.9 Å². The Kier molecular flexibility index (Phi) is 4.44. The van der Waals surface area contributed by atoms with E-state index < -0.39 is 0 Å². The van der Waals surface area contributed by atoms with Gasteiger partial charge >= 0.3 is 0 Å². The average molecular weight is 249 g/mol. The summed E-state index contributed by atoms with van der Waals surface area (Å²) in [6.45, 7) is 10.9. The molecule has 0 bridgehead atoms. The van der Waals surface area contributed by atoms with Crippen LogP contribution in [-0.4, -0.2) is 15.8 Å². The summed E-state index contributed by atoms with van der Waals surface area (Å²) in [5.41, 5.74) is 2.44. The fourth-order valence-corrected chi connectivity index (χ4v) is 3.00.